The second-order valence-electron chi connectivity index (χ2n) is 17.2. The van der Waals surface area contributed by atoms with Gasteiger partial charge in [-0.15, -0.1) is 23.1 Å². The van der Waals surface area contributed by atoms with Gasteiger partial charge in [-0.25, -0.2) is 19.1 Å². The summed E-state index contributed by atoms with van der Waals surface area (Å²) in [6, 6.07) is 38.2. The Hall–Kier alpha value is -7.74. The molecule has 4 aromatic carbocycles. The summed E-state index contributed by atoms with van der Waals surface area (Å²) in [7, 11) is 1.57. The van der Waals surface area contributed by atoms with Crippen LogP contribution in [0.5, 0.6) is 5.75 Å². The topological polar surface area (TPSA) is 187 Å². The minimum Gasteiger partial charge on any atom is -0.497 e. The number of ether oxygens (including phenoxy) is 3. The van der Waals surface area contributed by atoms with Crippen LogP contribution < -0.4 is 19.9 Å². The van der Waals surface area contributed by atoms with E-state index in [1.54, 1.807) is 57.7 Å². The van der Waals surface area contributed by atoms with E-state index in [2.05, 4.69) is 30.1 Å². The first-order valence-corrected chi connectivity index (χ1v) is 25.1. The molecule has 0 spiro atoms. The van der Waals surface area contributed by atoms with Crippen LogP contribution in [-0.2, 0) is 47.4 Å². The first-order chi connectivity index (χ1) is 34.4. The van der Waals surface area contributed by atoms with Gasteiger partial charge in [-0.1, -0.05) is 108 Å². The lowest BCUT2D eigenvalue weighted by Crippen LogP contribution is -2.71. The van der Waals surface area contributed by atoms with E-state index in [1.807, 2.05) is 125 Å². The van der Waals surface area contributed by atoms with E-state index in [0.29, 0.717) is 33.8 Å². The number of methoxy groups -OCH3 is 1. The lowest BCUT2D eigenvalue weighted by atomic mass is 9.80. The molecule has 16 nitrogen and oxygen atoms in total. The number of amides is 3. The Morgan fingerprint density at radius 2 is 1.49 bits per heavy atom. The number of hydrogen-bond acceptors (Lipinski definition) is 15. The number of thioether (sulfide) groups is 1. The summed E-state index contributed by atoms with van der Waals surface area (Å²) in [5.41, 5.74) is 4.54. The molecule has 7 aromatic rings. The van der Waals surface area contributed by atoms with Crippen molar-refractivity contribution in [3.05, 3.63) is 190 Å². The summed E-state index contributed by atoms with van der Waals surface area (Å²) in [6.07, 6.45) is 3.01. The average Bonchev–Trinajstić information content (AvgIpc) is 4.10. The fourth-order valence-corrected chi connectivity index (χ4v) is 10.4. The van der Waals surface area contributed by atoms with Gasteiger partial charge in [0.1, 0.15) is 35.1 Å². The number of β-lactam (4-membered cyclic amide) rings is 1. The molecule has 1 fully saturated rings. The Kier molecular flexibility index (Phi) is 14.3. The number of nitrogens with zero attached hydrogens (tertiary/aromatic N) is 6. The largest absolute Gasteiger partial charge is 0.497 e. The van der Waals surface area contributed by atoms with Gasteiger partial charge in [-0.3, -0.25) is 19.8 Å². The monoisotopic (exact) mass is 1010 g/mol. The molecule has 0 radical (unpaired) electrons. The number of oxime groups is 1. The fraction of sp³-hybridized carbons (Fsp3) is 0.212. The van der Waals surface area contributed by atoms with Crippen LogP contribution in [0.15, 0.2) is 167 Å². The van der Waals surface area contributed by atoms with E-state index in [4.69, 9.17) is 19.0 Å². The van der Waals surface area contributed by atoms with Crippen LogP contribution in [-0.4, -0.2) is 78.7 Å². The zero-order valence-electron chi connectivity index (χ0n) is 38.9. The van der Waals surface area contributed by atoms with E-state index in [-0.39, 0.29) is 35.5 Å². The highest BCUT2D eigenvalue weighted by Gasteiger charge is 2.55. The number of aromatic nitrogens is 4. The van der Waals surface area contributed by atoms with Gasteiger partial charge in [-0.2, -0.15) is 9.36 Å². The van der Waals surface area contributed by atoms with Crippen molar-refractivity contribution in [3.63, 3.8) is 0 Å². The summed E-state index contributed by atoms with van der Waals surface area (Å²) in [5.74, 6) is -1.28. The number of carbonyl (C=O) groups excluding carboxylic acids is 4. The maximum Gasteiger partial charge on any atom is 0.414 e. The molecule has 0 aliphatic carbocycles. The maximum absolute atomic E-state index is 14.8. The number of nitrogens with one attached hydrogen (secondary N) is 2. The first kappa shape index (κ1) is 48.3. The lowest BCUT2D eigenvalue weighted by Gasteiger charge is -2.49. The van der Waals surface area contributed by atoms with Crippen molar-refractivity contribution in [2.45, 2.75) is 56.5 Å². The summed E-state index contributed by atoms with van der Waals surface area (Å²) >= 11 is 3.70. The van der Waals surface area contributed by atoms with E-state index in [1.165, 1.54) is 28.0 Å². The van der Waals surface area contributed by atoms with Gasteiger partial charge in [0.15, 0.2) is 18.9 Å². The van der Waals surface area contributed by atoms with Gasteiger partial charge < -0.3 is 24.4 Å². The average molecular weight is 1010 g/mol. The Morgan fingerprint density at radius 1 is 0.859 bits per heavy atom. The number of hydrogen-bond donors (Lipinski definition) is 2. The summed E-state index contributed by atoms with van der Waals surface area (Å²) < 4.78 is 22.9. The number of benzene rings is 4. The Morgan fingerprint density at radius 3 is 2.07 bits per heavy atom. The van der Waals surface area contributed by atoms with Crippen molar-refractivity contribution in [2.75, 3.05) is 18.2 Å². The maximum atomic E-state index is 14.8. The van der Waals surface area contributed by atoms with E-state index < -0.39 is 46.5 Å². The minimum atomic E-state index is -1.41. The highest BCUT2D eigenvalue weighted by Crippen LogP contribution is 2.43. The molecule has 1 saturated heterocycles. The van der Waals surface area contributed by atoms with Gasteiger partial charge in [0, 0.05) is 62.6 Å². The molecule has 9 rings (SSSR count). The summed E-state index contributed by atoms with van der Waals surface area (Å²) in [6.45, 7) is 5.40. The number of rotatable bonds is 16. The molecule has 0 unspecified atom stereocenters. The van der Waals surface area contributed by atoms with Crippen LogP contribution in [0.1, 0.15) is 48.8 Å². The predicted molar refractivity (Wildman–Crippen MR) is 269 cm³/mol. The minimum absolute atomic E-state index is 0.0232. The Labute approximate surface area is 421 Å². The Bertz CT molecular complexity index is 2980. The standard InChI is InChI=1S/C52H46N8O8S3/c1-51(2,3)67-50(64)56-49-55-44(58-71-49)41(57-68-52(36-14-8-5-9-15-36,37-16-10-6-11-17-37)38-18-12-7-13-19-38)45(61)54-42-46(62)60-43(48(63)66-29-33-20-22-39(65-4)23-21-33)35(30-70-47(42)60)28-59-26-24-34(25-27-59)40-31-69-32-53-40/h5-27,31-32,42,47H,28-30H2,1-4H3,(H-,54,55,56,58,61,64)/p+1/t42-,47+/m1/s1. The molecule has 0 saturated carbocycles. The molecular formula is C52H47N8O8S3+. The second-order valence-corrected chi connectivity index (χ2v) is 19.8. The number of carbonyl (C=O) groups is 4. The molecule has 2 atom stereocenters. The molecule has 2 aliphatic heterocycles. The van der Waals surface area contributed by atoms with Crippen molar-refractivity contribution in [3.8, 4) is 17.0 Å². The van der Waals surface area contributed by atoms with Crippen molar-refractivity contribution in [1.82, 2.24) is 24.6 Å². The molecule has 2 N–H and O–H groups in total. The van der Waals surface area contributed by atoms with Crippen LogP contribution >= 0.6 is 34.6 Å². The quantitative estimate of drug-likeness (QED) is 0.0237. The third kappa shape index (κ3) is 10.7. The molecule has 0 bridgehead atoms. The van der Waals surface area contributed by atoms with Crippen molar-refractivity contribution >= 4 is 69.4 Å². The van der Waals surface area contributed by atoms with Gasteiger partial charge in [0.25, 0.3) is 11.8 Å². The van der Waals surface area contributed by atoms with Crippen LogP contribution in [0, 0.1) is 0 Å². The number of thiazole rings is 1. The number of esters is 1. The molecule has 5 heterocycles. The van der Waals surface area contributed by atoms with Crippen LogP contribution in [0.3, 0.4) is 0 Å². The third-order valence-electron chi connectivity index (χ3n) is 11.3. The van der Waals surface area contributed by atoms with Crippen LogP contribution in [0.4, 0.5) is 9.93 Å². The lowest BCUT2D eigenvalue weighted by molar-refractivity contribution is -0.689. The third-order valence-corrected chi connectivity index (χ3v) is 13.9. The number of anilines is 1. The van der Waals surface area contributed by atoms with Crippen molar-refractivity contribution in [1.29, 1.82) is 0 Å². The predicted octanol–water partition coefficient (Wildman–Crippen LogP) is 8.12. The summed E-state index contributed by atoms with van der Waals surface area (Å²) in [4.78, 5) is 73.4. The van der Waals surface area contributed by atoms with Gasteiger partial charge in [0.2, 0.25) is 22.3 Å². The highest BCUT2D eigenvalue weighted by atomic mass is 32.2. The Balaban J connectivity index is 1.04. The number of pyridine rings is 1. The molecule has 19 heteroatoms. The zero-order valence-corrected chi connectivity index (χ0v) is 41.3. The second kappa shape index (κ2) is 21.1. The highest BCUT2D eigenvalue weighted by molar-refractivity contribution is 8.00. The number of fused-ring (bicyclic) bond motifs is 1. The van der Waals surface area contributed by atoms with Gasteiger partial charge in [-0.05, 0) is 38.5 Å². The molecule has 71 heavy (non-hydrogen) atoms. The zero-order chi connectivity index (χ0) is 49.5. The van der Waals surface area contributed by atoms with E-state index >= 15 is 0 Å². The molecule has 360 valence electrons. The first-order valence-electron chi connectivity index (χ1n) is 22.3. The molecule has 2 aliphatic rings. The van der Waals surface area contributed by atoms with Crippen molar-refractivity contribution < 1.29 is 42.8 Å². The molecular weight excluding hydrogens is 961 g/mol. The smallest absolute Gasteiger partial charge is 0.414 e. The van der Waals surface area contributed by atoms with E-state index in [9.17, 15) is 19.2 Å². The summed E-state index contributed by atoms with van der Waals surface area (Å²) in [5, 5.41) is 11.3. The van der Waals surface area contributed by atoms with Crippen molar-refractivity contribution in [2.24, 2.45) is 5.16 Å². The SMILES string of the molecule is COc1ccc(COC(=O)C2=C(C[n+]3ccc(-c4cscn4)cc3)CS[C@H]3[C@H](NC(=O)C(=NOC(c4ccccc4)(c4ccccc4)c4ccccc4)c4nsc(NC(=O)OC(C)(C)C)n4)C(=O)N23)cc1. The van der Waals surface area contributed by atoms with Crippen LogP contribution in [0.25, 0.3) is 11.3 Å². The van der Waals surface area contributed by atoms with Gasteiger partial charge >= 0.3 is 12.1 Å². The molecule has 3 amide bonds. The fourth-order valence-electron chi connectivity index (χ4n) is 7.99. The normalized spacial score (nSPS) is 15.8. The van der Waals surface area contributed by atoms with E-state index in [0.717, 1.165) is 28.4 Å². The molecule has 3 aromatic heterocycles. The van der Waals surface area contributed by atoms with Gasteiger partial charge in [0.05, 0.1) is 18.3 Å². The van der Waals surface area contributed by atoms with Crippen LogP contribution in [0.2, 0.25) is 0 Å².